The molecule has 0 bridgehead atoms. The summed E-state index contributed by atoms with van der Waals surface area (Å²) in [5.41, 5.74) is 3.47. The van der Waals surface area contributed by atoms with Gasteiger partial charge in [-0.25, -0.2) is 0 Å². The van der Waals surface area contributed by atoms with Gasteiger partial charge in [-0.1, -0.05) is 48.5 Å². The number of carbonyl (C=O) groups excluding carboxylic acids is 2. The molecule has 1 N–H and O–H groups in total. The van der Waals surface area contributed by atoms with Crippen LogP contribution >= 0.6 is 0 Å². The van der Waals surface area contributed by atoms with Crippen LogP contribution in [0.3, 0.4) is 0 Å². The molecule has 1 heterocycles. The van der Waals surface area contributed by atoms with Crippen LogP contribution < -0.4 is 10.2 Å². The van der Waals surface area contributed by atoms with E-state index in [2.05, 4.69) is 17.4 Å². The number of nitrogens with one attached hydrogen (secondary N) is 1. The summed E-state index contributed by atoms with van der Waals surface area (Å²) in [6.07, 6.45) is 4.15. The SMILES string of the molecule is O=C(CCCCc1ccccc1)NCC(=O)N1CCc2ccccc21. The smallest absolute Gasteiger partial charge is 0.246 e. The molecule has 0 saturated carbocycles. The Balaban J connectivity index is 1.36. The molecular weight excluding hydrogens is 312 g/mol. The van der Waals surface area contributed by atoms with Crippen LogP contribution in [0, 0.1) is 0 Å². The minimum atomic E-state index is -0.0473. The lowest BCUT2D eigenvalue weighted by molar-refractivity contribution is -0.125. The third-order valence-corrected chi connectivity index (χ3v) is 4.59. The van der Waals surface area contributed by atoms with Crippen LogP contribution in [0.5, 0.6) is 0 Å². The second-order valence-corrected chi connectivity index (χ2v) is 6.39. The van der Waals surface area contributed by atoms with Crippen LogP contribution in [0.4, 0.5) is 5.69 Å². The highest BCUT2D eigenvalue weighted by Gasteiger charge is 2.23. The van der Waals surface area contributed by atoms with E-state index in [0.717, 1.165) is 31.4 Å². The molecule has 2 amide bonds. The highest BCUT2D eigenvalue weighted by Crippen LogP contribution is 2.27. The molecule has 4 heteroatoms. The predicted octanol–water partition coefficient (Wildman–Crippen LogP) is 3.10. The number of unbranched alkanes of at least 4 members (excludes halogenated alkanes) is 1. The second-order valence-electron chi connectivity index (χ2n) is 6.39. The molecule has 130 valence electrons. The third-order valence-electron chi connectivity index (χ3n) is 4.59. The van der Waals surface area contributed by atoms with Crippen LogP contribution in [0.1, 0.15) is 30.4 Å². The molecule has 0 radical (unpaired) electrons. The van der Waals surface area contributed by atoms with E-state index in [9.17, 15) is 9.59 Å². The summed E-state index contributed by atoms with van der Waals surface area (Å²) < 4.78 is 0. The lowest BCUT2D eigenvalue weighted by Gasteiger charge is -2.17. The van der Waals surface area contributed by atoms with E-state index in [1.807, 2.05) is 42.5 Å². The number of para-hydroxylation sites is 1. The van der Waals surface area contributed by atoms with Gasteiger partial charge in [0.15, 0.2) is 0 Å². The molecule has 0 fully saturated rings. The molecule has 1 aliphatic heterocycles. The average Bonchev–Trinajstić information content (AvgIpc) is 3.08. The molecule has 0 aliphatic carbocycles. The number of carbonyl (C=O) groups is 2. The first-order valence-electron chi connectivity index (χ1n) is 8.93. The molecule has 4 nitrogen and oxygen atoms in total. The average molecular weight is 336 g/mol. The standard InChI is InChI=1S/C21H24N2O2/c24-20(13-7-4-10-17-8-2-1-3-9-17)22-16-21(25)23-15-14-18-11-5-6-12-19(18)23/h1-3,5-6,8-9,11-12H,4,7,10,13-16H2,(H,22,24). The van der Waals surface area contributed by atoms with Crippen LogP contribution in [-0.4, -0.2) is 24.9 Å². The highest BCUT2D eigenvalue weighted by atomic mass is 16.2. The fraction of sp³-hybridized carbons (Fsp3) is 0.333. The summed E-state index contributed by atoms with van der Waals surface area (Å²) in [5, 5.41) is 2.76. The fourth-order valence-corrected chi connectivity index (χ4v) is 3.21. The van der Waals surface area contributed by atoms with Gasteiger partial charge in [0.2, 0.25) is 11.8 Å². The number of hydrogen-bond donors (Lipinski definition) is 1. The Morgan fingerprint density at radius 1 is 0.960 bits per heavy atom. The van der Waals surface area contributed by atoms with Crippen molar-refractivity contribution in [3.8, 4) is 0 Å². The molecule has 25 heavy (non-hydrogen) atoms. The van der Waals surface area contributed by atoms with Gasteiger partial charge < -0.3 is 10.2 Å². The Morgan fingerprint density at radius 3 is 2.56 bits per heavy atom. The first kappa shape index (κ1) is 17.2. The van der Waals surface area contributed by atoms with Crippen molar-refractivity contribution in [2.24, 2.45) is 0 Å². The zero-order valence-electron chi connectivity index (χ0n) is 14.4. The Labute approximate surface area is 148 Å². The summed E-state index contributed by atoms with van der Waals surface area (Å²) in [6, 6.07) is 18.2. The van der Waals surface area contributed by atoms with Crippen molar-refractivity contribution < 1.29 is 9.59 Å². The van der Waals surface area contributed by atoms with Crippen LogP contribution in [0.15, 0.2) is 54.6 Å². The van der Waals surface area contributed by atoms with Gasteiger partial charge >= 0.3 is 0 Å². The number of hydrogen-bond acceptors (Lipinski definition) is 2. The first-order valence-corrected chi connectivity index (χ1v) is 8.93. The van der Waals surface area contributed by atoms with E-state index in [4.69, 9.17) is 0 Å². The molecule has 2 aromatic rings. The Kier molecular flexibility index (Phi) is 5.83. The largest absolute Gasteiger partial charge is 0.347 e. The quantitative estimate of drug-likeness (QED) is 0.790. The summed E-state index contributed by atoms with van der Waals surface area (Å²) in [4.78, 5) is 26.0. The third kappa shape index (κ3) is 4.69. The lowest BCUT2D eigenvalue weighted by atomic mass is 10.1. The number of aryl methyl sites for hydroxylation is 1. The minimum Gasteiger partial charge on any atom is -0.347 e. The molecule has 0 atom stereocenters. The molecule has 0 aromatic heterocycles. The summed E-state index contributed by atoms with van der Waals surface area (Å²) in [5.74, 6) is -0.0866. The fourth-order valence-electron chi connectivity index (χ4n) is 3.21. The van der Waals surface area contributed by atoms with Crippen LogP contribution in [0.25, 0.3) is 0 Å². The molecule has 0 spiro atoms. The van der Waals surface area contributed by atoms with E-state index in [-0.39, 0.29) is 18.4 Å². The van der Waals surface area contributed by atoms with Crippen LogP contribution in [0.2, 0.25) is 0 Å². The number of amides is 2. The minimum absolute atomic E-state index is 0.0393. The first-order chi connectivity index (χ1) is 12.2. The maximum Gasteiger partial charge on any atom is 0.246 e. The number of nitrogens with zero attached hydrogens (tertiary/aromatic N) is 1. The van der Waals surface area contributed by atoms with E-state index in [1.54, 1.807) is 4.90 Å². The van der Waals surface area contributed by atoms with Gasteiger partial charge in [0.1, 0.15) is 0 Å². The van der Waals surface area contributed by atoms with Gasteiger partial charge in [-0.15, -0.1) is 0 Å². The van der Waals surface area contributed by atoms with E-state index >= 15 is 0 Å². The van der Waals surface area contributed by atoms with Crippen LogP contribution in [-0.2, 0) is 22.4 Å². The van der Waals surface area contributed by atoms with E-state index in [0.29, 0.717) is 13.0 Å². The van der Waals surface area contributed by atoms with E-state index in [1.165, 1.54) is 11.1 Å². The van der Waals surface area contributed by atoms with Gasteiger partial charge in [0.25, 0.3) is 0 Å². The zero-order chi connectivity index (χ0) is 17.5. The van der Waals surface area contributed by atoms with Gasteiger partial charge in [-0.3, -0.25) is 9.59 Å². The predicted molar refractivity (Wildman–Crippen MR) is 99.5 cm³/mol. The number of rotatable bonds is 7. The monoisotopic (exact) mass is 336 g/mol. The Hall–Kier alpha value is -2.62. The van der Waals surface area contributed by atoms with Gasteiger partial charge in [0.05, 0.1) is 6.54 Å². The zero-order valence-corrected chi connectivity index (χ0v) is 14.4. The summed E-state index contributed by atoms with van der Waals surface area (Å²) in [6.45, 7) is 0.775. The van der Waals surface area contributed by atoms with Crippen molar-refractivity contribution in [1.29, 1.82) is 0 Å². The Morgan fingerprint density at radius 2 is 1.72 bits per heavy atom. The molecule has 0 saturated heterocycles. The summed E-state index contributed by atoms with van der Waals surface area (Å²) >= 11 is 0. The molecule has 3 rings (SSSR count). The van der Waals surface area contributed by atoms with Crippen molar-refractivity contribution in [2.45, 2.75) is 32.1 Å². The van der Waals surface area contributed by atoms with E-state index < -0.39 is 0 Å². The second kappa shape index (κ2) is 8.47. The van der Waals surface area contributed by atoms with Crippen molar-refractivity contribution in [1.82, 2.24) is 5.32 Å². The van der Waals surface area contributed by atoms with Crippen molar-refractivity contribution in [2.75, 3.05) is 18.0 Å². The number of fused-ring (bicyclic) bond motifs is 1. The summed E-state index contributed by atoms with van der Waals surface area (Å²) in [7, 11) is 0. The molecule has 1 aliphatic rings. The lowest BCUT2D eigenvalue weighted by Crippen LogP contribution is -2.39. The van der Waals surface area contributed by atoms with Gasteiger partial charge in [-0.05, 0) is 42.9 Å². The number of anilines is 1. The van der Waals surface area contributed by atoms with Crippen molar-refractivity contribution in [3.05, 3.63) is 65.7 Å². The maximum absolute atomic E-state index is 12.3. The molecule has 2 aromatic carbocycles. The van der Waals surface area contributed by atoms with Crippen molar-refractivity contribution in [3.63, 3.8) is 0 Å². The number of benzene rings is 2. The topological polar surface area (TPSA) is 49.4 Å². The van der Waals surface area contributed by atoms with Gasteiger partial charge in [0, 0.05) is 18.7 Å². The van der Waals surface area contributed by atoms with Crippen molar-refractivity contribution >= 4 is 17.5 Å². The molecule has 0 unspecified atom stereocenters. The highest BCUT2D eigenvalue weighted by molar-refractivity contribution is 5.98. The van der Waals surface area contributed by atoms with Gasteiger partial charge in [-0.2, -0.15) is 0 Å². The maximum atomic E-state index is 12.3. The Bertz CT molecular complexity index is 728. The normalized spacial score (nSPS) is 12.7. The molecular formula is C21H24N2O2.